The van der Waals surface area contributed by atoms with Gasteiger partial charge in [0.05, 0.1) is 10.6 Å². The van der Waals surface area contributed by atoms with Crippen LogP contribution in [0, 0.1) is 12.7 Å². The van der Waals surface area contributed by atoms with Crippen LogP contribution in [0.4, 0.5) is 10.1 Å². The van der Waals surface area contributed by atoms with Crippen molar-refractivity contribution in [2.75, 3.05) is 23.9 Å². The molecular weight excluding hydrogens is 477 g/mol. The van der Waals surface area contributed by atoms with Crippen molar-refractivity contribution in [3.63, 3.8) is 0 Å². The number of amides is 1. The molecule has 1 heterocycles. The number of carbonyl (C=O) groups is 1. The van der Waals surface area contributed by atoms with Crippen LogP contribution in [0.15, 0.2) is 77.7 Å². The minimum atomic E-state index is -4.08. The van der Waals surface area contributed by atoms with E-state index < -0.39 is 28.3 Å². The summed E-state index contributed by atoms with van der Waals surface area (Å²) in [6.45, 7) is 5.00. The number of nitrogens with one attached hydrogen (secondary N) is 1. The van der Waals surface area contributed by atoms with Gasteiger partial charge in [0, 0.05) is 13.1 Å². The lowest BCUT2D eigenvalue weighted by atomic mass is 10.1. The Morgan fingerprint density at radius 1 is 0.889 bits per heavy atom. The minimum absolute atomic E-state index is 0.0819. The molecule has 0 unspecified atom stereocenters. The van der Waals surface area contributed by atoms with Crippen LogP contribution in [-0.2, 0) is 27.9 Å². The van der Waals surface area contributed by atoms with Crippen molar-refractivity contribution in [1.29, 1.82) is 0 Å². The summed E-state index contributed by atoms with van der Waals surface area (Å²) in [6.07, 6.45) is 3.81. The predicted octanol–water partition coefficient (Wildman–Crippen LogP) is 4.63. The molecule has 0 bridgehead atoms. The average molecular weight is 510 g/mol. The molecule has 190 valence electrons. The van der Waals surface area contributed by atoms with E-state index in [9.17, 15) is 17.6 Å². The maximum absolute atomic E-state index is 13.4. The number of sulfonamides is 1. The van der Waals surface area contributed by atoms with E-state index in [4.69, 9.17) is 0 Å². The third-order valence-corrected chi connectivity index (χ3v) is 8.17. The molecule has 3 aromatic carbocycles. The van der Waals surface area contributed by atoms with Gasteiger partial charge in [-0.3, -0.25) is 14.0 Å². The maximum Gasteiger partial charge on any atom is 0.264 e. The van der Waals surface area contributed by atoms with Crippen LogP contribution in [0.25, 0.3) is 0 Å². The fraction of sp³-hybridized carbons (Fsp3) is 0.321. The number of hydrogen-bond acceptors (Lipinski definition) is 4. The van der Waals surface area contributed by atoms with Crippen LogP contribution in [0.5, 0.6) is 0 Å². The second kappa shape index (κ2) is 11.7. The normalized spacial score (nSPS) is 14.4. The van der Waals surface area contributed by atoms with Gasteiger partial charge in [-0.15, -0.1) is 0 Å². The minimum Gasteiger partial charge on any atom is -0.350 e. The molecule has 4 rings (SSSR count). The first-order chi connectivity index (χ1) is 17.3. The number of piperidine rings is 1. The maximum atomic E-state index is 13.4. The molecule has 0 aliphatic carbocycles. The number of carbonyl (C=O) groups excluding carboxylic acids is 1. The van der Waals surface area contributed by atoms with Crippen molar-refractivity contribution in [3.8, 4) is 0 Å². The summed E-state index contributed by atoms with van der Waals surface area (Å²) in [6, 6.07) is 19.6. The first-order valence-electron chi connectivity index (χ1n) is 12.2. The van der Waals surface area contributed by atoms with Crippen LogP contribution in [0.2, 0.25) is 0 Å². The van der Waals surface area contributed by atoms with Crippen molar-refractivity contribution >= 4 is 21.6 Å². The topological polar surface area (TPSA) is 69.7 Å². The van der Waals surface area contributed by atoms with Crippen LogP contribution in [-0.4, -0.2) is 38.9 Å². The van der Waals surface area contributed by atoms with E-state index in [1.807, 2.05) is 19.1 Å². The summed E-state index contributed by atoms with van der Waals surface area (Å²) in [5.74, 6) is -0.964. The number of hydrogen-bond donors (Lipinski definition) is 1. The molecule has 0 saturated carbocycles. The SMILES string of the molecule is Cc1ccc(N(CC(=O)NCc2ccc(CN3CCCCC3)cc2)S(=O)(=O)c2ccc(F)cc2)cc1. The molecule has 0 radical (unpaired) electrons. The molecule has 1 amide bonds. The first kappa shape index (κ1) is 25.9. The van der Waals surface area contributed by atoms with E-state index in [0.717, 1.165) is 47.2 Å². The Morgan fingerprint density at radius 3 is 2.14 bits per heavy atom. The van der Waals surface area contributed by atoms with Gasteiger partial charge in [-0.2, -0.15) is 0 Å². The molecule has 36 heavy (non-hydrogen) atoms. The predicted molar refractivity (Wildman–Crippen MR) is 140 cm³/mol. The molecule has 8 heteroatoms. The zero-order valence-electron chi connectivity index (χ0n) is 20.5. The van der Waals surface area contributed by atoms with Crippen molar-refractivity contribution in [2.24, 2.45) is 0 Å². The highest BCUT2D eigenvalue weighted by Gasteiger charge is 2.27. The molecule has 1 aliphatic rings. The highest BCUT2D eigenvalue weighted by Crippen LogP contribution is 2.24. The summed E-state index contributed by atoms with van der Waals surface area (Å²) in [7, 11) is -4.08. The van der Waals surface area contributed by atoms with Gasteiger partial charge in [0.25, 0.3) is 10.0 Å². The second-order valence-corrected chi connectivity index (χ2v) is 11.1. The molecular formula is C28H32FN3O3S. The van der Waals surface area contributed by atoms with Gasteiger partial charge in [-0.25, -0.2) is 12.8 Å². The van der Waals surface area contributed by atoms with Gasteiger partial charge in [-0.1, -0.05) is 48.4 Å². The van der Waals surface area contributed by atoms with E-state index in [2.05, 4.69) is 22.3 Å². The Balaban J connectivity index is 1.42. The number of nitrogens with zero attached hydrogens (tertiary/aromatic N) is 2. The number of likely N-dealkylation sites (tertiary alicyclic amines) is 1. The van der Waals surface area contributed by atoms with E-state index in [-0.39, 0.29) is 4.90 Å². The van der Waals surface area contributed by atoms with Crippen LogP contribution in [0.3, 0.4) is 0 Å². The Kier molecular flexibility index (Phi) is 8.38. The van der Waals surface area contributed by atoms with Gasteiger partial charge in [0.15, 0.2) is 0 Å². The Morgan fingerprint density at radius 2 is 1.50 bits per heavy atom. The number of anilines is 1. The highest BCUT2D eigenvalue weighted by atomic mass is 32.2. The lowest BCUT2D eigenvalue weighted by Crippen LogP contribution is -2.40. The van der Waals surface area contributed by atoms with Crippen LogP contribution in [0.1, 0.15) is 36.0 Å². The lowest BCUT2D eigenvalue weighted by Gasteiger charge is -2.26. The molecule has 0 spiro atoms. The van der Waals surface area contributed by atoms with E-state index in [0.29, 0.717) is 12.2 Å². The van der Waals surface area contributed by atoms with Crippen LogP contribution >= 0.6 is 0 Å². The van der Waals surface area contributed by atoms with Crippen LogP contribution < -0.4 is 9.62 Å². The molecule has 1 saturated heterocycles. The number of benzene rings is 3. The smallest absolute Gasteiger partial charge is 0.264 e. The van der Waals surface area contributed by atoms with Crippen molar-refractivity contribution in [2.45, 2.75) is 44.2 Å². The Labute approximate surface area is 212 Å². The monoisotopic (exact) mass is 509 g/mol. The standard InChI is InChI=1S/C28H32FN3O3S/c1-22-5-13-26(14-6-22)32(36(34,35)27-15-11-25(29)12-16-27)21-28(33)30-19-23-7-9-24(10-8-23)20-31-17-3-2-4-18-31/h5-16H,2-4,17-21H2,1H3,(H,30,33). The summed E-state index contributed by atoms with van der Waals surface area (Å²) >= 11 is 0. The molecule has 1 fully saturated rings. The third kappa shape index (κ3) is 6.71. The zero-order chi connectivity index (χ0) is 25.5. The van der Waals surface area contributed by atoms with Gasteiger partial charge < -0.3 is 5.32 Å². The lowest BCUT2D eigenvalue weighted by molar-refractivity contribution is -0.119. The van der Waals surface area contributed by atoms with E-state index >= 15 is 0 Å². The van der Waals surface area contributed by atoms with Crippen molar-refractivity contribution in [1.82, 2.24) is 10.2 Å². The number of halogens is 1. The third-order valence-electron chi connectivity index (χ3n) is 6.38. The number of rotatable bonds is 9. The largest absolute Gasteiger partial charge is 0.350 e. The van der Waals surface area contributed by atoms with E-state index in [1.165, 1.54) is 37.0 Å². The number of aryl methyl sites for hydroxylation is 1. The van der Waals surface area contributed by atoms with E-state index in [1.54, 1.807) is 24.3 Å². The highest BCUT2D eigenvalue weighted by molar-refractivity contribution is 7.92. The summed E-state index contributed by atoms with van der Waals surface area (Å²) in [5.41, 5.74) is 3.50. The fourth-order valence-electron chi connectivity index (χ4n) is 4.29. The molecule has 1 aliphatic heterocycles. The molecule has 0 atom stereocenters. The molecule has 0 aromatic heterocycles. The zero-order valence-corrected chi connectivity index (χ0v) is 21.3. The van der Waals surface area contributed by atoms with Gasteiger partial charge in [0.1, 0.15) is 12.4 Å². The molecule has 3 aromatic rings. The molecule has 6 nitrogen and oxygen atoms in total. The molecule has 1 N–H and O–H groups in total. The van der Waals surface area contributed by atoms with Gasteiger partial charge in [-0.05, 0) is 80.4 Å². The van der Waals surface area contributed by atoms with Crippen molar-refractivity contribution in [3.05, 3.63) is 95.3 Å². The van der Waals surface area contributed by atoms with Gasteiger partial charge >= 0.3 is 0 Å². The fourth-order valence-corrected chi connectivity index (χ4v) is 5.71. The second-order valence-electron chi connectivity index (χ2n) is 9.23. The Bertz CT molecular complexity index is 1250. The summed E-state index contributed by atoms with van der Waals surface area (Å²) in [4.78, 5) is 15.2. The quantitative estimate of drug-likeness (QED) is 0.457. The summed E-state index contributed by atoms with van der Waals surface area (Å²) in [5, 5.41) is 2.83. The first-order valence-corrected chi connectivity index (χ1v) is 13.7. The average Bonchev–Trinajstić information content (AvgIpc) is 2.88. The van der Waals surface area contributed by atoms with Crippen molar-refractivity contribution < 1.29 is 17.6 Å². The van der Waals surface area contributed by atoms with Gasteiger partial charge in [0.2, 0.25) is 5.91 Å². The summed E-state index contributed by atoms with van der Waals surface area (Å²) < 4.78 is 41.2. The Hall–Kier alpha value is -3.23.